The molecule has 3 rings (SSSR count). The van der Waals surface area contributed by atoms with E-state index in [-0.39, 0.29) is 32.3 Å². The second-order valence-electron chi connectivity index (χ2n) is 11.0. The highest BCUT2D eigenvalue weighted by molar-refractivity contribution is 7.48. The van der Waals surface area contributed by atoms with Crippen molar-refractivity contribution in [3.05, 3.63) is 107 Å². The maximum atomic E-state index is 13.6. The van der Waals surface area contributed by atoms with E-state index < -0.39 is 7.82 Å². The van der Waals surface area contributed by atoms with Crippen molar-refractivity contribution in [3.63, 3.8) is 0 Å². The lowest BCUT2D eigenvalue weighted by atomic mass is 10.0. The number of hydrogen-bond donors (Lipinski definition) is 0. The van der Waals surface area contributed by atoms with Gasteiger partial charge in [-0.25, -0.2) is 4.57 Å². The molecule has 0 aliphatic rings. The fourth-order valence-electron chi connectivity index (χ4n) is 4.81. The minimum Gasteiger partial charge on any atom is -0.383 e. The molecule has 0 aliphatic heterocycles. The highest BCUT2D eigenvalue weighted by Crippen LogP contribution is 2.50. The third-order valence-corrected chi connectivity index (χ3v) is 8.92. The molecule has 0 fully saturated rings. The number of rotatable bonds is 23. The highest BCUT2D eigenvalue weighted by Gasteiger charge is 2.28. The van der Waals surface area contributed by atoms with Gasteiger partial charge in [-0.3, -0.25) is 18.4 Å². The first-order chi connectivity index (χ1) is 21.5. The number of ether oxygens (including phenoxy) is 1. The molecule has 7 nitrogen and oxygen atoms in total. The fraction of sp³-hybridized carbons (Fsp3) is 0.472. The first-order valence-corrected chi connectivity index (χ1v) is 17.4. The number of unbranched alkanes of at least 4 members (excludes halogenated alkanes) is 5. The Kier molecular flexibility index (Phi) is 17.1. The number of nitrogens with zero attached hydrogens (tertiary/aromatic N) is 1. The van der Waals surface area contributed by atoms with Crippen LogP contribution in [-0.4, -0.2) is 44.2 Å². The van der Waals surface area contributed by atoms with Crippen molar-refractivity contribution in [2.24, 2.45) is 0 Å². The van der Waals surface area contributed by atoms with Gasteiger partial charge in [-0.05, 0) is 47.9 Å². The zero-order chi connectivity index (χ0) is 31.3. The maximum absolute atomic E-state index is 13.6. The van der Waals surface area contributed by atoms with Gasteiger partial charge in [0.2, 0.25) is 5.91 Å². The fourth-order valence-corrected chi connectivity index (χ4v) is 5.95. The van der Waals surface area contributed by atoms with E-state index in [2.05, 4.69) is 31.2 Å². The lowest BCUT2D eigenvalue weighted by molar-refractivity contribution is -0.132. The van der Waals surface area contributed by atoms with E-state index in [1.165, 1.54) is 30.4 Å². The van der Waals surface area contributed by atoms with Crippen molar-refractivity contribution < 1.29 is 27.7 Å². The van der Waals surface area contributed by atoms with E-state index in [1.54, 1.807) is 12.0 Å². The second-order valence-corrected chi connectivity index (χ2v) is 12.6. The number of phosphoric ester groups is 1. The van der Waals surface area contributed by atoms with Gasteiger partial charge in [-0.2, -0.15) is 0 Å². The standard InChI is InChI=1S/C36H50NO6P/c1-3-32-22-24-33(25-23-32)16-10-6-4-5-7-15-21-36(38)37(26-28-40-2)27-29-41-44(39,42-30-34-17-11-8-12-18-34)43-31-35-19-13-9-14-20-35/h8-9,11-14,17-20,22-25H,3-7,10,15-16,21,26-31H2,1-2H3. The van der Waals surface area contributed by atoms with Crippen molar-refractivity contribution >= 4 is 13.7 Å². The van der Waals surface area contributed by atoms with Gasteiger partial charge >= 0.3 is 7.82 Å². The predicted molar refractivity (Wildman–Crippen MR) is 176 cm³/mol. The summed E-state index contributed by atoms with van der Waals surface area (Å²) in [6.07, 6.45) is 9.27. The SMILES string of the molecule is CCc1ccc(CCCCCCCCC(=O)N(CCOC)CCOP(=O)(OCc2ccccc2)OCc2ccccc2)cc1. The molecule has 0 atom stereocenters. The molecule has 0 N–H and O–H groups in total. The molecule has 0 aliphatic carbocycles. The third kappa shape index (κ3) is 14.3. The minimum atomic E-state index is -3.90. The molecule has 0 spiro atoms. The smallest absolute Gasteiger partial charge is 0.383 e. The topological polar surface area (TPSA) is 74.3 Å². The predicted octanol–water partition coefficient (Wildman–Crippen LogP) is 8.56. The summed E-state index contributed by atoms with van der Waals surface area (Å²) in [4.78, 5) is 14.8. The first-order valence-electron chi connectivity index (χ1n) is 16.0. The molecule has 44 heavy (non-hydrogen) atoms. The summed E-state index contributed by atoms with van der Waals surface area (Å²) in [6.45, 7) is 3.52. The number of carbonyl (C=O) groups excluding carboxylic acids is 1. The van der Waals surface area contributed by atoms with Crippen LogP contribution in [-0.2, 0) is 53.7 Å². The van der Waals surface area contributed by atoms with Crippen LogP contribution in [0.1, 0.15) is 74.1 Å². The van der Waals surface area contributed by atoms with Crippen LogP contribution in [0.4, 0.5) is 0 Å². The van der Waals surface area contributed by atoms with Gasteiger partial charge < -0.3 is 9.64 Å². The largest absolute Gasteiger partial charge is 0.475 e. The van der Waals surface area contributed by atoms with Gasteiger partial charge in [0.05, 0.1) is 26.4 Å². The van der Waals surface area contributed by atoms with Crippen LogP contribution < -0.4 is 0 Å². The summed E-state index contributed by atoms with van der Waals surface area (Å²) in [5.74, 6) is 0.0476. The Morgan fingerprint density at radius 3 is 1.73 bits per heavy atom. The zero-order valence-corrected chi connectivity index (χ0v) is 27.4. The van der Waals surface area contributed by atoms with Gasteiger partial charge in [0.25, 0.3) is 0 Å². The summed E-state index contributed by atoms with van der Waals surface area (Å²) in [5.41, 5.74) is 4.52. The van der Waals surface area contributed by atoms with Crippen LogP contribution in [0.5, 0.6) is 0 Å². The van der Waals surface area contributed by atoms with E-state index in [4.69, 9.17) is 18.3 Å². The molecule has 0 heterocycles. The number of aryl methyl sites for hydroxylation is 2. The lowest BCUT2D eigenvalue weighted by Gasteiger charge is -2.24. The molecule has 0 bridgehead atoms. The van der Waals surface area contributed by atoms with Crippen molar-refractivity contribution in [1.29, 1.82) is 0 Å². The number of carbonyl (C=O) groups is 1. The molecule has 0 saturated heterocycles. The van der Waals surface area contributed by atoms with Crippen molar-refractivity contribution in [3.8, 4) is 0 Å². The summed E-state index contributed by atoms with van der Waals surface area (Å²) >= 11 is 0. The molecule has 0 aromatic heterocycles. The van der Waals surface area contributed by atoms with Gasteiger partial charge in [-0.1, -0.05) is 118 Å². The average molecular weight is 624 g/mol. The Morgan fingerprint density at radius 1 is 0.636 bits per heavy atom. The zero-order valence-electron chi connectivity index (χ0n) is 26.5. The Morgan fingerprint density at radius 2 is 1.16 bits per heavy atom. The molecule has 3 aromatic carbocycles. The van der Waals surface area contributed by atoms with E-state index >= 15 is 0 Å². The summed E-state index contributed by atoms with van der Waals surface area (Å²) < 4.78 is 35.9. The van der Waals surface area contributed by atoms with Gasteiger partial charge in [0.15, 0.2) is 0 Å². The van der Waals surface area contributed by atoms with Gasteiger partial charge in [0, 0.05) is 26.6 Å². The Labute approximate surface area is 264 Å². The third-order valence-electron chi connectivity index (χ3n) is 7.53. The Bertz CT molecular complexity index is 1170. The van der Waals surface area contributed by atoms with Crippen LogP contribution >= 0.6 is 7.82 Å². The molecular weight excluding hydrogens is 573 g/mol. The Hall–Kier alpha value is -2.80. The van der Waals surface area contributed by atoms with Gasteiger partial charge in [0.1, 0.15) is 0 Å². The summed E-state index contributed by atoms with van der Waals surface area (Å²) in [7, 11) is -2.28. The van der Waals surface area contributed by atoms with E-state index in [1.807, 2.05) is 60.7 Å². The molecule has 0 radical (unpaired) electrons. The van der Waals surface area contributed by atoms with E-state index in [9.17, 15) is 9.36 Å². The number of hydrogen-bond acceptors (Lipinski definition) is 6. The lowest BCUT2D eigenvalue weighted by Crippen LogP contribution is -2.36. The first kappa shape index (κ1) is 35.7. The number of phosphoric acid groups is 1. The van der Waals surface area contributed by atoms with Crippen molar-refractivity contribution in [2.45, 2.75) is 77.9 Å². The minimum absolute atomic E-state index is 0.0253. The second kappa shape index (κ2) is 21.0. The number of benzene rings is 3. The molecular formula is C36H50NO6P. The van der Waals surface area contributed by atoms with Crippen LogP contribution in [0.25, 0.3) is 0 Å². The number of amides is 1. The Balaban J connectivity index is 1.39. The summed E-state index contributed by atoms with van der Waals surface area (Å²) in [5, 5.41) is 0. The average Bonchev–Trinajstić information content (AvgIpc) is 3.07. The molecule has 1 amide bonds. The molecule has 0 saturated carbocycles. The normalized spacial score (nSPS) is 11.5. The van der Waals surface area contributed by atoms with Crippen LogP contribution in [0.2, 0.25) is 0 Å². The van der Waals surface area contributed by atoms with Crippen molar-refractivity contribution in [2.75, 3.05) is 33.4 Å². The van der Waals surface area contributed by atoms with Crippen molar-refractivity contribution in [1.82, 2.24) is 4.90 Å². The monoisotopic (exact) mass is 623 g/mol. The maximum Gasteiger partial charge on any atom is 0.475 e. The molecule has 0 unspecified atom stereocenters. The summed E-state index contributed by atoms with van der Waals surface area (Å²) in [6, 6.07) is 27.9. The highest BCUT2D eigenvalue weighted by atomic mass is 31.2. The van der Waals surface area contributed by atoms with E-state index in [0.29, 0.717) is 19.6 Å². The van der Waals surface area contributed by atoms with E-state index in [0.717, 1.165) is 43.2 Å². The van der Waals surface area contributed by atoms with Crippen LogP contribution in [0.15, 0.2) is 84.9 Å². The molecule has 240 valence electrons. The molecule has 8 heteroatoms. The van der Waals surface area contributed by atoms with Gasteiger partial charge in [-0.15, -0.1) is 0 Å². The van der Waals surface area contributed by atoms with Crippen LogP contribution in [0.3, 0.4) is 0 Å². The number of methoxy groups -OCH3 is 1. The quantitative estimate of drug-likeness (QED) is 0.0778. The van der Waals surface area contributed by atoms with Crippen LogP contribution in [0, 0.1) is 0 Å². The molecule has 3 aromatic rings.